The van der Waals surface area contributed by atoms with Crippen LogP contribution in [0.5, 0.6) is 0 Å². The number of piperazine rings is 1. The van der Waals surface area contributed by atoms with Gasteiger partial charge in [-0.3, -0.25) is 14.9 Å². The number of nitro groups is 1. The number of nitrogens with zero attached hydrogens (tertiary/aromatic N) is 3. The molecule has 0 aliphatic carbocycles. The minimum Gasteiger partial charge on any atom is -0.368 e. The van der Waals surface area contributed by atoms with Gasteiger partial charge in [-0.25, -0.2) is 0 Å². The van der Waals surface area contributed by atoms with Gasteiger partial charge in [0.2, 0.25) is 5.91 Å². The van der Waals surface area contributed by atoms with Crippen molar-refractivity contribution in [1.29, 1.82) is 0 Å². The number of benzene rings is 2. The van der Waals surface area contributed by atoms with Gasteiger partial charge in [-0.1, -0.05) is 24.3 Å². The summed E-state index contributed by atoms with van der Waals surface area (Å²) in [4.78, 5) is 26.8. The second-order valence-corrected chi connectivity index (χ2v) is 6.34. The number of aryl methyl sites for hydroxylation is 1. The lowest BCUT2D eigenvalue weighted by atomic mass is 10.1. The molecule has 0 spiro atoms. The molecular formula is C20H21N3O3. The van der Waals surface area contributed by atoms with E-state index in [-0.39, 0.29) is 11.6 Å². The van der Waals surface area contributed by atoms with Gasteiger partial charge in [-0.05, 0) is 36.3 Å². The highest BCUT2D eigenvalue weighted by atomic mass is 16.6. The molecule has 1 aliphatic rings. The molecule has 1 aliphatic heterocycles. The zero-order chi connectivity index (χ0) is 18.5. The van der Waals surface area contributed by atoms with Crippen molar-refractivity contribution in [2.45, 2.75) is 6.92 Å². The second kappa shape index (κ2) is 7.82. The van der Waals surface area contributed by atoms with Crippen molar-refractivity contribution in [2.75, 3.05) is 31.1 Å². The Balaban J connectivity index is 1.58. The monoisotopic (exact) mass is 351 g/mol. The third-order valence-electron chi connectivity index (χ3n) is 4.46. The maximum Gasteiger partial charge on any atom is 0.270 e. The first-order valence-corrected chi connectivity index (χ1v) is 8.56. The Morgan fingerprint density at radius 1 is 1.08 bits per heavy atom. The van der Waals surface area contributed by atoms with E-state index in [1.54, 1.807) is 23.1 Å². The molecule has 0 radical (unpaired) electrons. The lowest BCUT2D eigenvalue weighted by Gasteiger charge is -2.35. The van der Waals surface area contributed by atoms with Crippen LogP contribution in [0.4, 0.5) is 11.4 Å². The van der Waals surface area contributed by atoms with Crippen LogP contribution in [-0.4, -0.2) is 41.9 Å². The van der Waals surface area contributed by atoms with Crippen molar-refractivity contribution in [1.82, 2.24) is 4.90 Å². The van der Waals surface area contributed by atoms with E-state index in [2.05, 4.69) is 30.0 Å². The third-order valence-corrected chi connectivity index (χ3v) is 4.46. The molecule has 0 aromatic heterocycles. The molecule has 0 saturated carbocycles. The van der Waals surface area contributed by atoms with Crippen LogP contribution in [0.2, 0.25) is 0 Å². The van der Waals surface area contributed by atoms with Crippen LogP contribution in [0.15, 0.2) is 54.6 Å². The zero-order valence-corrected chi connectivity index (χ0v) is 14.7. The number of amides is 1. The van der Waals surface area contributed by atoms with Gasteiger partial charge in [0.1, 0.15) is 0 Å². The maximum absolute atomic E-state index is 12.4. The van der Waals surface area contributed by atoms with Crippen LogP contribution in [0.25, 0.3) is 6.08 Å². The Kier molecular flexibility index (Phi) is 5.31. The SMILES string of the molecule is Cc1cccc(N2CCN(C(=O)/C=C/c3cccc([N+](=O)[O-])c3)CC2)c1. The molecule has 134 valence electrons. The Morgan fingerprint density at radius 3 is 2.50 bits per heavy atom. The summed E-state index contributed by atoms with van der Waals surface area (Å²) in [6.45, 7) is 4.97. The molecule has 6 heteroatoms. The van der Waals surface area contributed by atoms with Crippen LogP contribution in [0.1, 0.15) is 11.1 Å². The first-order chi connectivity index (χ1) is 12.5. The van der Waals surface area contributed by atoms with E-state index in [1.165, 1.54) is 29.5 Å². The first kappa shape index (κ1) is 17.7. The summed E-state index contributed by atoms with van der Waals surface area (Å²) < 4.78 is 0. The number of anilines is 1. The molecule has 0 bridgehead atoms. The van der Waals surface area contributed by atoms with Gasteiger partial charge >= 0.3 is 0 Å². The molecular weight excluding hydrogens is 330 g/mol. The minimum absolute atomic E-state index is 0.0198. The van der Waals surface area contributed by atoms with Crippen LogP contribution in [0, 0.1) is 17.0 Å². The number of non-ortho nitro benzene ring substituents is 1. The minimum atomic E-state index is -0.441. The van der Waals surface area contributed by atoms with Crippen molar-refractivity contribution in [3.63, 3.8) is 0 Å². The number of carbonyl (C=O) groups is 1. The highest BCUT2D eigenvalue weighted by Crippen LogP contribution is 2.18. The fraction of sp³-hybridized carbons (Fsp3) is 0.250. The van der Waals surface area contributed by atoms with Gasteiger partial charge in [0.15, 0.2) is 0 Å². The lowest BCUT2D eigenvalue weighted by Crippen LogP contribution is -2.48. The number of nitro benzene ring substituents is 1. The van der Waals surface area contributed by atoms with Gasteiger partial charge in [0.05, 0.1) is 4.92 Å². The Labute approximate surface area is 152 Å². The largest absolute Gasteiger partial charge is 0.368 e. The zero-order valence-electron chi connectivity index (χ0n) is 14.7. The van der Waals surface area contributed by atoms with E-state index in [4.69, 9.17) is 0 Å². The third kappa shape index (κ3) is 4.27. The predicted molar refractivity (Wildman–Crippen MR) is 102 cm³/mol. The summed E-state index contributed by atoms with van der Waals surface area (Å²) in [6.07, 6.45) is 3.11. The summed E-state index contributed by atoms with van der Waals surface area (Å²) in [5.41, 5.74) is 3.07. The number of hydrogen-bond acceptors (Lipinski definition) is 4. The molecule has 1 heterocycles. The van der Waals surface area contributed by atoms with Gasteiger partial charge in [-0.15, -0.1) is 0 Å². The molecule has 1 amide bonds. The Morgan fingerprint density at radius 2 is 1.81 bits per heavy atom. The fourth-order valence-electron chi connectivity index (χ4n) is 3.02. The summed E-state index contributed by atoms with van der Waals surface area (Å²) in [5.74, 6) is -0.0691. The molecule has 26 heavy (non-hydrogen) atoms. The van der Waals surface area contributed by atoms with Crippen LogP contribution < -0.4 is 4.90 Å². The van der Waals surface area contributed by atoms with Crippen molar-refractivity contribution >= 4 is 23.4 Å². The molecule has 2 aromatic rings. The van der Waals surface area contributed by atoms with E-state index in [0.29, 0.717) is 18.7 Å². The van der Waals surface area contributed by atoms with Crippen molar-refractivity contribution in [3.8, 4) is 0 Å². The van der Waals surface area contributed by atoms with Gasteiger partial charge in [-0.2, -0.15) is 0 Å². The number of hydrogen-bond donors (Lipinski definition) is 0. The summed E-state index contributed by atoms with van der Waals surface area (Å²) in [7, 11) is 0. The van der Waals surface area contributed by atoms with Gasteiger partial charge < -0.3 is 9.80 Å². The average Bonchev–Trinajstić information content (AvgIpc) is 2.66. The summed E-state index contributed by atoms with van der Waals surface area (Å²) in [6, 6.07) is 14.6. The Hall–Kier alpha value is -3.15. The average molecular weight is 351 g/mol. The second-order valence-electron chi connectivity index (χ2n) is 6.34. The van der Waals surface area contributed by atoms with Crippen LogP contribution in [0.3, 0.4) is 0 Å². The molecule has 1 saturated heterocycles. The van der Waals surface area contributed by atoms with Crippen molar-refractivity contribution in [2.24, 2.45) is 0 Å². The molecule has 3 rings (SSSR count). The van der Waals surface area contributed by atoms with E-state index >= 15 is 0 Å². The quantitative estimate of drug-likeness (QED) is 0.482. The molecule has 0 N–H and O–H groups in total. The Bertz CT molecular complexity index is 840. The molecule has 1 fully saturated rings. The normalized spacial score (nSPS) is 14.7. The van der Waals surface area contributed by atoms with Crippen LogP contribution >= 0.6 is 0 Å². The molecule has 0 atom stereocenters. The summed E-state index contributed by atoms with van der Waals surface area (Å²) >= 11 is 0. The fourth-order valence-corrected chi connectivity index (χ4v) is 3.02. The maximum atomic E-state index is 12.4. The van der Waals surface area contributed by atoms with E-state index < -0.39 is 4.92 Å². The van der Waals surface area contributed by atoms with Gasteiger partial charge in [0.25, 0.3) is 5.69 Å². The van der Waals surface area contributed by atoms with E-state index in [0.717, 1.165) is 13.1 Å². The summed E-state index contributed by atoms with van der Waals surface area (Å²) in [5, 5.41) is 10.8. The van der Waals surface area contributed by atoms with Gasteiger partial charge in [0, 0.05) is 50.1 Å². The first-order valence-electron chi connectivity index (χ1n) is 8.56. The van der Waals surface area contributed by atoms with E-state index in [9.17, 15) is 14.9 Å². The number of rotatable bonds is 4. The molecule has 2 aromatic carbocycles. The van der Waals surface area contributed by atoms with Crippen LogP contribution in [-0.2, 0) is 4.79 Å². The standard InChI is InChI=1S/C20H21N3O3/c1-16-4-2-6-18(14-16)21-10-12-22(13-11-21)20(24)9-8-17-5-3-7-19(15-17)23(25)26/h2-9,14-15H,10-13H2,1H3/b9-8+. The smallest absolute Gasteiger partial charge is 0.270 e. The van der Waals surface area contributed by atoms with Crippen molar-refractivity contribution < 1.29 is 9.72 Å². The highest BCUT2D eigenvalue weighted by molar-refractivity contribution is 5.92. The number of carbonyl (C=O) groups excluding carboxylic acids is 1. The van der Waals surface area contributed by atoms with Crippen molar-refractivity contribution in [3.05, 3.63) is 75.8 Å². The van der Waals surface area contributed by atoms with E-state index in [1.807, 2.05) is 6.07 Å². The topological polar surface area (TPSA) is 66.7 Å². The highest BCUT2D eigenvalue weighted by Gasteiger charge is 2.19. The molecule has 6 nitrogen and oxygen atoms in total. The predicted octanol–water partition coefficient (Wildman–Crippen LogP) is 3.27. The molecule has 0 unspecified atom stereocenters. The lowest BCUT2D eigenvalue weighted by molar-refractivity contribution is -0.384.